The third-order valence-corrected chi connectivity index (χ3v) is 3.14. The lowest BCUT2D eigenvalue weighted by Gasteiger charge is -2.23. The summed E-state index contributed by atoms with van der Waals surface area (Å²) in [5, 5.41) is 0. The minimum atomic E-state index is 0.129. The van der Waals surface area contributed by atoms with E-state index in [0.29, 0.717) is 0 Å². The van der Waals surface area contributed by atoms with Gasteiger partial charge in [-0.3, -0.25) is 0 Å². The Bertz CT molecular complexity index is 129. The monoisotopic (exact) mass is 169 g/mol. The topological polar surface area (TPSA) is 26.0 Å². The molecule has 0 bridgehead atoms. The zero-order chi connectivity index (χ0) is 9.03. The van der Waals surface area contributed by atoms with Gasteiger partial charge in [-0.25, -0.2) is 0 Å². The lowest BCUT2D eigenvalue weighted by atomic mass is 9.91. The van der Waals surface area contributed by atoms with Crippen molar-refractivity contribution in [3.63, 3.8) is 0 Å². The minimum absolute atomic E-state index is 0.129. The van der Waals surface area contributed by atoms with E-state index in [1.165, 1.54) is 44.9 Å². The summed E-state index contributed by atoms with van der Waals surface area (Å²) in [6.45, 7) is 4.59. The third-order valence-electron chi connectivity index (χ3n) is 3.14. The van der Waals surface area contributed by atoms with Gasteiger partial charge >= 0.3 is 0 Å². The highest BCUT2D eigenvalue weighted by Gasteiger charge is 2.19. The predicted octanol–water partition coefficient (Wildman–Crippen LogP) is 3.08. The van der Waals surface area contributed by atoms with Crippen LogP contribution < -0.4 is 5.73 Å². The lowest BCUT2D eigenvalue weighted by molar-refractivity contribution is 0.379. The van der Waals surface area contributed by atoms with E-state index in [-0.39, 0.29) is 5.54 Å². The molecule has 0 spiro atoms. The normalized spacial score (nSPS) is 39.8. The van der Waals surface area contributed by atoms with Gasteiger partial charge in [-0.2, -0.15) is 0 Å². The van der Waals surface area contributed by atoms with E-state index in [2.05, 4.69) is 13.8 Å². The number of rotatable bonds is 0. The van der Waals surface area contributed by atoms with Crippen LogP contribution in [0.1, 0.15) is 58.8 Å². The van der Waals surface area contributed by atoms with Gasteiger partial charge in [0.25, 0.3) is 0 Å². The van der Waals surface area contributed by atoms with Crippen molar-refractivity contribution in [2.75, 3.05) is 0 Å². The lowest BCUT2D eigenvalue weighted by Crippen LogP contribution is -2.35. The van der Waals surface area contributed by atoms with Gasteiger partial charge in [-0.1, -0.05) is 39.0 Å². The maximum atomic E-state index is 6.16. The van der Waals surface area contributed by atoms with Crippen LogP contribution in [0.2, 0.25) is 0 Å². The van der Waals surface area contributed by atoms with Gasteiger partial charge in [0, 0.05) is 5.54 Å². The Hall–Kier alpha value is -0.0400. The van der Waals surface area contributed by atoms with Crippen molar-refractivity contribution in [3.8, 4) is 0 Å². The fourth-order valence-corrected chi connectivity index (χ4v) is 2.15. The van der Waals surface area contributed by atoms with Crippen LogP contribution in [-0.2, 0) is 0 Å². The molecule has 1 nitrogen and oxygen atoms in total. The molecule has 12 heavy (non-hydrogen) atoms. The second-order valence-corrected chi connectivity index (χ2v) is 4.90. The van der Waals surface area contributed by atoms with Gasteiger partial charge < -0.3 is 5.73 Å². The van der Waals surface area contributed by atoms with Gasteiger partial charge in [0.15, 0.2) is 0 Å². The van der Waals surface area contributed by atoms with Crippen LogP contribution in [-0.4, -0.2) is 5.54 Å². The summed E-state index contributed by atoms with van der Waals surface area (Å²) in [5.74, 6) is 0.930. The van der Waals surface area contributed by atoms with Crippen LogP contribution in [0.15, 0.2) is 0 Å². The Kier molecular flexibility index (Phi) is 3.57. The van der Waals surface area contributed by atoms with Crippen LogP contribution >= 0.6 is 0 Å². The zero-order valence-corrected chi connectivity index (χ0v) is 8.60. The molecule has 0 aromatic rings. The molecule has 1 aliphatic rings. The molecule has 0 radical (unpaired) electrons. The summed E-state index contributed by atoms with van der Waals surface area (Å²) < 4.78 is 0. The fraction of sp³-hybridized carbons (Fsp3) is 1.00. The Morgan fingerprint density at radius 1 is 1.08 bits per heavy atom. The Morgan fingerprint density at radius 2 is 1.67 bits per heavy atom. The van der Waals surface area contributed by atoms with Gasteiger partial charge in [-0.05, 0) is 25.7 Å². The second kappa shape index (κ2) is 4.27. The average molecular weight is 169 g/mol. The largest absolute Gasteiger partial charge is 0.325 e. The van der Waals surface area contributed by atoms with Gasteiger partial charge in [-0.15, -0.1) is 0 Å². The Labute approximate surface area is 76.7 Å². The van der Waals surface area contributed by atoms with Crippen molar-refractivity contribution in [1.82, 2.24) is 0 Å². The first-order valence-corrected chi connectivity index (χ1v) is 5.39. The van der Waals surface area contributed by atoms with Crippen LogP contribution in [0, 0.1) is 5.92 Å². The van der Waals surface area contributed by atoms with Crippen molar-refractivity contribution in [2.45, 2.75) is 64.3 Å². The van der Waals surface area contributed by atoms with Crippen LogP contribution in [0.3, 0.4) is 0 Å². The van der Waals surface area contributed by atoms with E-state index >= 15 is 0 Å². The number of nitrogens with two attached hydrogens (primary N) is 1. The average Bonchev–Trinajstić information content (AvgIpc) is 2.02. The van der Waals surface area contributed by atoms with E-state index in [1.54, 1.807) is 0 Å². The van der Waals surface area contributed by atoms with Gasteiger partial charge in [0.1, 0.15) is 0 Å². The summed E-state index contributed by atoms with van der Waals surface area (Å²) in [5.41, 5.74) is 6.29. The summed E-state index contributed by atoms with van der Waals surface area (Å²) in [6, 6.07) is 0. The molecule has 2 N–H and O–H groups in total. The minimum Gasteiger partial charge on any atom is -0.325 e. The zero-order valence-electron chi connectivity index (χ0n) is 8.60. The van der Waals surface area contributed by atoms with Crippen LogP contribution in [0.5, 0.6) is 0 Å². The standard InChI is InChI=1S/C11H23N/c1-10-6-3-4-8-11(2,12)9-5-7-10/h10H,3-9,12H2,1-2H3/t10-,11+/m0/s1. The molecule has 0 aliphatic heterocycles. The summed E-state index contributed by atoms with van der Waals surface area (Å²) in [4.78, 5) is 0. The van der Waals surface area contributed by atoms with Crippen molar-refractivity contribution in [3.05, 3.63) is 0 Å². The van der Waals surface area contributed by atoms with Crippen molar-refractivity contribution >= 4 is 0 Å². The van der Waals surface area contributed by atoms with E-state index in [9.17, 15) is 0 Å². The summed E-state index contributed by atoms with van der Waals surface area (Å²) in [7, 11) is 0. The molecule has 1 heteroatoms. The first-order chi connectivity index (χ1) is 5.60. The van der Waals surface area contributed by atoms with Gasteiger partial charge in [0.05, 0.1) is 0 Å². The molecule has 0 heterocycles. The maximum Gasteiger partial charge on any atom is 0.0125 e. The fourth-order valence-electron chi connectivity index (χ4n) is 2.15. The van der Waals surface area contributed by atoms with E-state index in [0.717, 1.165) is 5.92 Å². The summed E-state index contributed by atoms with van der Waals surface area (Å²) >= 11 is 0. The second-order valence-electron chi connectivity index (χ2n) is 4.90. The molecule has 1 aliphatic carbocycles. The molecule has 1 saturated carbocycles. The first kappa shape index (κ1) is 10.0. The molecular formula is C11H23N. The molecule has 0 amide bonds. The SMILES string of the molecule is C[C@H]1CCCC[C@@](C)(N)CCC1. The van der Waals surface area contributed by atoms with E-state index in [4.69, 9.17) is 5.73 Å². The molecule has 2 atom stereocenters. The molecule has 1 fully saturated rings. The smallest absolute Gasteiger partial charge is 0.0125 e. The third kappa shape index (κ3) is 3.57. The maximum absolute atomic E-state index is 6.16. The molecular weight excluding hydrogens is 146 g/mol. The van der Waals surface area contributed by atoms with Crippen molar-refractivity contribution in [2.24, 2.45) is 11.7 Å². The van der Waals surface area contributed by atoms with Crippen LogP contribution in [0.4, 0.5) is 0 Å². The number of hydrogen-bond donors (Lipinski definition) is 1. The van der Waals surface area contributed by atoms with E-state index < -0.39 is 0 Å². The molecule has 0 unspecified atom stereocenters. The first-order valence-electron chi connectivity index (χ1n) is 5.39. The van der Waals surface area contributed by atoms with Crippen molar-refractivity contribution in [1.29, 1.82) is 0 Å². The van der Waals surface area contributed by atoms with Crippen molar-refractivity contribution < 1.29 is 0 Å². The molecule has 72 valence electrons. The molecule has 0 saturated heterocycles. The molecule has 0 aromatic heterocycles. The Morgan fingerprint density at radius 3 is 2.42 bits per heavy atom. The highest BCUT2D eigenvalue weighted by atomic mass is 14.7. The highest BCUT2D eigenvalue weighted by Crippen LogP contribution is 2.25. The number of hydrogen-bond acceptors (Lipinski definition) is 1. The molecule has 1 rings (SSSR count). The summed E-state index contributed by atoms with van der Waals surface area (Å²) in [6.07, 6.45) is 9.28. The van der Waals surface area contributed by atoms with Crippen LogP contribution in [0.25, 0.3) is 0 Å². The van der Waals surface area contributed by atoms with Gasteiger partial charge in [0.2, 0.25) is 0 Å². The Balaban J connectivity index is 2.37. The molecule has 0 aromatic carbocycles. The highest BCUT2D eigenvalue weighted by molar-refractivity contribution is 4.79. The quantitative estimate of drug-likeness (QED) is 0.592. The predicted molar refractivity (Wildman–Crippen MR) is 54.1 cm³/mol. The van der Waals surface area contributed by atoms with E-state index in [1.807, 2.05) is 0 Å².